The van der Waals surface area contributed by atoms with E-state index in [2.05, 4.69) is 5.32 Å². The molecule has 3 aromatic rings. The molecule has 1 atom stereocenters. The van der Waals surface area contributed by atoms with Crippen LogP contribution < -0.4 is 9.62 Å². The molecule has 1 N–H and O–H groups in total. The number of hydrogen-bond acceptors (Lipinski definition) is 4. The summed E-state index contributed by atoms with van der Waals surface area (Å²) in [6.45, 7) is 5.45. The summed E-state index contributed by atoms with van der Waals surface area (Å²) in [6.07, 6.45) is 1.04. The van der Waals surface area contributed by atoms with Gasteiger partial charge < -0.3 is 10.2 Å². The van der Waals surface area contributed by atoms with Gasteiger partial charge in [0.05, 0.1) is 10.6 Å². The third-order valence-corrected chi connectivity index (χ3v) is 7.97. The normalized spacial score (nSPS) is 12.0. The first-order valence-corrected chi connectivity index (χ1v) is 14.1. The van der Waals surface area contributed by atoms with Crippen LogP contribution >= 0.6 is 0 Å². The summed E-state index contributed by atoms with van der Waals surface area (Å²) in [5, 5.41) is 2.84. The van der Waals surface area contributed by atoms with Gasteiger partial charge in [-0.15, -0.1) is 0 Å². The molecule has 202 valence electrons. The summed E-state index contributed by atoms with van der Waals surface area (Å²) in [6, 6.07) is 19.7. The lowest BCUT2D eigenvalue weighted by molar-refractivity contribution is -0.140. The average molecular weight is 540 g/mol. The van der Waals surface area contributed by atoms with Crippen LogP contribution in [0.25, 0.3) is 0 Å². The van der Waals surface area contributed by atoms with Gasteiger partial charge in [0.25, 0.3) is 10.0 Å². The standard InChI is InChI=1S/C29H34FN3O4S/c1-4-19-31-29(35)26(5-2)32(20-23-15-17-24(30)18-16-23)28(34)21-33(27-14-10-9-11-22(27)3)38(36,37)25-12-7-6-8-13-25/h6-18,26H,4-5,19-21H2,1-3H3,(H,31,35)/t26-/m0/s1. The Bertz CT molecular complexity index is 1330. The number of rotatable bonds is 12. The number of nitrogens with one attached hydrogen (secondary N) is 1. The van der Waals surface area contributed by atoms with E-state index in [1.807, 2.05) is 6.92 Å². The van der Waals surface area contributed by atoms with Crippen LogP contribution in [0, 0.1) is 12.7 Å². The molecule has 38 heavy (non-hydrogen) atoms. The number of sulfonamides is 1. The minimum absolute atomic E-state index is 0.0180. The topological polar surface area (TPSA) is 86.8 Å². The summed E-state index contributed by atoms with van der Waals surface area (Å²) >= 11 is 0. The maximum absolute atomic E-state index is 13.9. The van der Waals surface area contributed by atoms with Crippen molar-refractivity contribution in [2.75, 3.05) is 17.4 Å². The highest BCUT2D eigenvalue weighted by Crippen LogP contribution is 2.27. The van der Waals surface area contributed by atoms with Crippen molar-refractivity contribution in [2.45, 2.75) is 51.1 Å². The Hall–Kier alpha value is -3.72. The highest BCUT2D eigenvalue weighted by molar-refractivity contribution is 7.92. The third kappa shape index (κ3) is 6.98. The van der Waals surface area contributed by atoms with Gasteiger partial charge >= 0.3 is 0 Å². The Kier molecular flexibility index (Phi) is 10.0. The number of halogens is 1. The van der Waals surface area contributed by atoms with E-state index in [0.717, 1.165) is 10.7 Å². The molecule has 0 spiro atoms. The second kappa shape index (κ2) is 13.2. The number of benzene rings is 3. The van der Waals surface area contributed by atoms with Gasteiger partial charge in [-0.3, -0.25) is 13.9 Å². The third-order valence-electron chi connectivity index (χ3n) is 6.20. The number of aryl methyl sites for hydroxylation is 1. The number of para-hydroxylation sites is 1. The van der Waals surface area contributed by atoms with Crippen LogP contribution in [0.15, 0.2) is 83.8 Å². The molecular formula is C29H34FN3O4S. The molecule has 0 aliphatic heterocycles. The molecule has 0 aliphatic carbocycles. The first kappa shape index (κ1) is 28.8. The summed E-state index contributed by atoms with van der Waals surface area (Å²) in [4.78, 5) is 28.4. The van der Waals surface area contributed by atoms with Crippen molar-refractivity contribution >= 4 is 27.5 Å². The van der Waals surface area contributed by atoms with Crippen molar-refractivity contribution in [3.8, 4) is 0 Å². The largest absolute Gasteiger partial charge is 0.354 e. The molecule has 0 radical (unpaired) electrons. The fourth-order valence-electron chi connectivity index (χ4n) is 4.15. The van der Waals surface area contributed by atoms with E-state index in [1.54, 1.807) is 68.4 Å². The molecule has 3 aromatic carbocycles. The minimum Gasteiger partial charge on any atom is -0.354 e. The number of hydrogen-bond donors (Lipinski definition) is 1. The van der Waals surface area contributed by atoms with E-state index >= 15 is 0 Å². The Labute approximate surface area is 224 Å². The van der Waals surface area contributed by atoms with Gasteiger partial charge in [-0.1, -0.05) is 62.4 Å². The second-order valence-electron chi connectivity index (χ2n) is 8.97. The minimum atomic E-state index is -4.11. The van der Waals surface area contributed by atoms with Crippen LogP contribution in [0.4, 0.5) is 10.1 Å². The van der Waals surface area contributed by atoms with E-state index in [1.165, 1.54) is 29.2 Å². The van der Waals surface area contributed by atoms with Crippen LogP contribution in [0.2, 0.25) is 0 Å². The van der Waals surface area contributed by atoms with E-state index in [-0.39, 0.29) is 17.3 Å². The molecule has 2 amide bonds. The lowest BCUT2D eigenvalue weighted by Gasteiger charge is -2.33. The van der Waals surface area contributed by atoms with Gasteiger partial charge in [0.1, 0.15) is 18.4 Å². The Morgan fingerprint density at radius 2 is 1.55 bits per heavy atom. The summed E-state index contributed by atoms with van der Waals surface area (Å²) in [5.74, 6) is -1.28. The first-order valence-electron chi connectivity index (χ1n) is 12.6. The molecule has 0 unspecified atom stereocenters. The Morgan fingerprint density at radius 3 is 2.16 bits per heavy atom. The number of carbonyl (C=O) groups is 2. The molecule has 0 fully saturated rings. The quantitative estimate of drug-likeness (QED) is 0.363. The smallest absolute Gasteiger partial charge is 0.264 e. The van der Waals surface area contributed by atoms with Gasteiger partial charge in [0.15, 0.2) is 0 Å². The van der Waals surface area contributed by atoms with Gasteiger partial charge in [0.2, 0.25) is 11.8 Å². The van der Waals surface area contributed by atoms with Gasteiger partial charge in [0, 0.05) is 13.1 Å². The van der Waals surface area contributed by atoms with Crippen LogP contribution in [-0.2, 0) is 26.2 Å². The highest BCUT2D eigenvalue weighted by atomic mass is 32.2. The molecule has 0 saturated heterocycles. The zero-order chi connectivity index (χ0) is 27.7. The Morgan fingerprint density at radius 1 is 0.921 bits per heavy atom. The van der Waals surface area contributed by atoms with Crippen LogP contribution in [0.3, 0.4) is 0 Å². The maximum atomic E-state index is 13.9. The van der Waals surface area contributed by atoms with Crippen molar-refractivity contribution in [1.82, 2.24) is 10.2 Å². The number of nitrogens with zero attached hydrogens (tertiary/aromatic N) is 2. The second-order valence-corrected chi connectivity index (χ2v) is 10.8. The zero-order valence-electron chi connectivity index (χ0n) is 21.9. The molecular weight excluding hydrogens is 505 g/mol. The molecule has 0 heterocycles. The Balaban J connectivity index is 2.04. The monoisotopic (exact) mass is 539 g/mol. The summed E-state index contributed by atoms with van der Waals surface area (Å²) < 4.78 is 42.2. The number of amides is 2. The summed E-state index contributed by atoms with van der Waals surface area (Å²) in [7, 11) is -4.11. The van der Waals surface area contributed by atoms with E-state index in [4.69, 9.17) is 0 Å². The molecule has 0 saturated carbocycles. The molecule has 7 nitrogen and oxygen atoms in total. The van der Waals surface area contributed by atoms with Crippen LogP contribution in [-0.4, -0.2) is 44.3 Å². The lowest BCUT2D eigenvalue weighted by Crippen LogP contribution is -2.52. The van der Waals surface area contributed by atoms with E-state index in [0.29, 0.717) is 29.8 Å². The average Bonchev–Trinajstić information content (AvgIpc) is 2.92. The molecule has 0 aliphatic rings. The number of carbonyl (C=O) groups excluding carboxylic acids is 2. The van der Waals surface area contributed by atoms with Crippen LogP contribution in [0.1, 0.15) is 37.8 Å². The summed E-state index contributed by atoms with van der Waals surface area (Å²) in [5.41, 5.74) is 1.67. The molecule has 0 bridgehead atoms. The fourth-order valence-corrected chi connectivity index (χ4v) is 5.65. The zero-order valence-corrected chi connectivity index (χ0v) is 22.7. The van der Waals surface area contributed by atoms with Gasteiger partial charge in [-0.2, -0.15) is 0 Å². The predicted octanol–water partition coefficient (Wildman–Crippen LogP) is 4.66. The van der Waals surface area contributed by atoms with E-state index < -0.39 is 34.3 Å². The van der Waals surface area contributed by atoms with Crippen molar-refractivity contribution in [3.05, 3.63) is 95.8 Å². The molecule has 3 rings (SSSR count). The molecule has 9 heteroatoms. The van der Waals surface area contributed by atoms with Crippen molar-refractivity contribution < 1.29 is 22.4 Å². The lowest BCUT2D eigenvalue weighted by atomic mass is 10.1. The van der Waals surface area contributed by atoms with Crippen molar-refractivity contribution in [3.63, 3.8) is 0 Å². The predicted molar refractivity (Wildman–Crippen MR) is 146 cm³/mol. The van der Waals surface area contributed by atoms with Gasteiger partial charge in [-0.05, 0) is 61.2 Å². The maximum Gasteiger partial charge on any atom is 0.264 e. The van der Waals surface area contributed by atoms with Crippen molar-refractivity contribution in [2.24, 2.45) is 0 Å². The fraction of sp³-hybridized carbons (Fsp3) is 0.310. The van der Waals surface area contributed by atoms with Crippen LogP contribution in [0.5, 0.6) is 0 Å². The highest BCUT2D eigenvalue weighted by Gasteiger charge is 2.34. The van der Waals surface area contributed by atoms with E-state index in [9.17, 15) is 22.4 Å². The first-order chi connectivity index (χ1) is 18.2. The SMILES string of the molecule is CCCNC(=O)[C@H](CC)N(Cc1ccc(F)cc1)C(=O)CN(c1ccccc1C)S(=O)(=O)c1ccccc1. The number of anilines is 1. The van der Waals surface area contributed by atoms with Gasteiger partial charge in [-0.25, -0.2) is 12.8 Å². The van der Waals surface area contributed by atoms with Crippen molar-refractivity contribution in [1.29, 1.82) is 0 Å². The molecule has 0 aromatic heterocycles.